The van der Waals surface area contributed by atoms with Crippen LogP contribution in [0.1, 0.15) is 17.2 Å². The molecule has 0 heterocycles. The molecule has 0 fully saturated rings. The van der Waals surface area contributed by atoms with E-state index in [1.807, 2.05) is 6.07 Å². The van der Waals surface area contributed by atoms with Crippen molar-refractivity contribution < 1.29 is 20.1 Å². The van der Waals surface area contributed by atoms with Crippen LogP contribution in [0.3, 0.4) is 0 Å². The van der Waals surface area contributed by atoms with Crippen molar-refractivity contribution in [1.82, 2.24) is 5.32 Å². The van der Waals surface area contributed by atoms with Gasteiger partial charge in [-0.3, -0.25) is 0 Å². The predicted octanol–water partition coefficient (Wildman–Crippen LogP) is -0.115. The molecule has 0 saturated heterocycles. The number of aliphatic carboxylic acids is 1. The summed E-state index contributed by atoms with van der Waals surface area (Å²) in [5.41, 5.74) is 1.30. The van der Waals surface area contributed by atoms with Crippen molar-refractivity contribution >= 4 is 5.97 Å². The van der Waals surface area contributed by atoms with Crippen molar-refractivity contribution in [3.05, 3.63) is 35.4 Å². The fourth-order valence-electron chi connectivity index (χ4n) is 1.41. The average molecular weight is 225 g/mol. The van der Waals surface area contributed by atoms with Gasteiger partial charge >= 0.3 is 5.97 Å². The fourth-order valence-corrected chi connectivity index (χ4v) is 1.41. The highest BCUT2D eigenvalue weighted by molar-refractivity contribution is 5.73. The van der Waals surface area contributed by atoms with E-state index in [-0.39, 0.29) is 0 Å². The highest BCUT2D eigenvalue weighted by Gasteiger charge is 2.24. The molecule has 88 valence electrons. The molecule has 0 aliphatic rings. The summed E-state index contributed by atoms with van der Waals surface area (Å²) < 4.78 is 0. The van der Waals surface area contributed by atoms with Gasteiger partial charge in [0.05, 0.1) is 0 Å². The van der Waals surface area contributed by atoms with Crippen LogP contribution in [0.15, 0.2) is 24.3 Å². The SMILES string of the molecule is CNCc1cccc(C(O)C(O)C(=O)O)c1. The van der Waals surface area contributed by atoms with Crippen LogP contribution < -0.4 is 5.32 Å². The van der Waals surface area contributed by atoms with Crippen molar-refractivity contribution in [1.29, 1.82) is 0 Å². The zero-order chi connectivity index (χ0) is 12.1. The Morgan fingerprint density at radius 3 is 2.69 bits per heavy atom. The number of aliphatic hydroxyl groups excluding tert-OH is 2. The fraction of sp³-hybridized carbons (Fsp3) is 0.364. The molecule has 1 aromatic rings. The van der Waals surface area contributed by atoms with Gasteiger partial charge in [-0.2, -0.15) is 0 Å². The third kappa shape index (κ3) is 3.03. The van der Waals surface area contributed by atoms with Crippen molar-refractivity contribution in [2.75, 3.05) is 7.05 Å². The van der Waals surface area contributed by atoms with Gasteiger partial charge in [0.25, 0.3) is 0 Å². The third-order valence-electron chi connectivity index (χ3n) is 2.23. The molecule has 0 aromatic heterocycles. The van der Waals surface area contributed by atoms with Crippen LogP contribution in [0.5, 0.6) is 0 Å². The first-order chi connectivity index (χ1) is 7.56. The van der Waals surface area contributed by atoms with E-state index in [9.17, 15) is 15.0 Å². The normalized spacial score (nSPS) is 14.4. The topological polar surface area (TPSA) is 89.8 Å². The molecule has 16 heavy (non-hydrogen) atoms. The molecular weight excluding hydrogens is 210 g/mol. The van der Waals surface area contributed by atoms with E-state index in [2.05, 4.69) is 5.32 Å². The average Bonchev–Trinajstić information content (AvgIpc) is 2.28. The largest absolute Gasteiger partial charge is 0.479 e. The number of hydrogen-bond acceptors (Lipinski definition) is 4. The van der Waals surface area contributed by atoms with Gasteiger partial charge in [-0.15, -0.1) is 0 Å². The molecule has 5 heteroatoms. The Kier molecular flexibility index (Phi) is 4.42. The number of carbonyl (C=O) groups is 1. The molecule has 2 atom stereocenters. The lowest BCUT2D eigenvalue weighted by Crippen LogP contribution is -2.27. The van der Waals surface area contributed by atoms with E-state index in [0.29, 0.717) is 12.1 Å². The van der Waals surface area contributed by atoms with Crippen LogP contribution in [-0.2, 0) is 11.3 Å². The summed E-state index contributed by atoms with van der Waals surface area (Å²) in [7, 11) is 1.79. The van der Waals surface area contributed by atoms with Gasteiger partial charge in [-0.25, -0.2) is 4.79 Å². The van der Waals surface area contributed by atoms with Crippen molar-refractivity contribution in [2.24, 2.45) is 0 Å². The first-order valence-electron chi connectivity index (χ1n) is 4.88. The number of rotatable bonds is 5. The summed E-state index contributed by atoms with van der Waals surface area (Å²) in [5, 5.41) is 30.3. The second-order valence-electron chi connectivity index (χ2n) is 3.50. The summed E-state index contributed by atoms with van der Waals surface area (Å²) in [6.07, 6.45) is -3.21. The van der Waals surface area contributed by atoms with Gasteiger partial charge in [0.15, 0.2) is 6.10 Å². The lowest BCUT2D eigenvalue weighted by Gasteiger charge is -2.15. The maximum Gasteiger partial charge on any atom is 0.335 e. The molecule has 0 radical (unpaired) electrons. The van der Waals surface area contributed by atoms with Gasteiger partial charge in [-0.1, -0.05) is 24.3 Å². The van der Waals surface area contributed by atoms with Gasteiger partial charge in [0.1, 0.15) is 6.10 Å². The quantitative estimate of drug-likeness (QED) is 0.561. The minimum absolute atomic E-state index is 0.391. The van der Waals surface area contributed by atoms with Crippen LogP contribution in [-0.4, -0.2) is 34.4 Å². The Hall–Kier alpha value is -1.43. The second-order valence-corrected chi connectivity index (χ2v) is 3.50. The first-order valence-corrected chi connectivity index (χ1v) is 4.88. The zero-order valence-corrected chi connectivity index (χ0v) is 8.92. The smallest absolute Gasteiger partial charge is 0.335 e. The number of hydrogen-bond donors (Lipinski definition) is 4. The Balaban J connectivity index is 2.86. The molecule has 0 spiro atoms. The van der Waals surface area contributed by atoms with Gasteiger partial charge in [0.2, 0.25) is 0 Å². The van der Waals surface area contributed by atoms with E-state index in [0.717, 1.165) is 5.56 Å². The van der Waals surface area contributed by atoms with Crippen molar-refractivity contribution in [2.45, 2.75) is 18.8 Å². The number of benzene rings is 1. The third-order valence-corrected chi connectivity index (χ3v) is 2.23. The molecule has 0 aliphatic heterocycles. The predicted molar refractivity (Wildman–Crippen MR) is 57.8 cm³/mol. The van der Waals surface area contributed by atoms with Crippen LogP contribution >= 0.6 is 0 Å². The van der Waals surface area contributed by atoms with Crippen molar-refractivity contribution in [3.8, 4) is 0 Å². The monoisotopic (exact) mass is 225 g/mol. The van der Waals surface area contributed by atoms with Crippen LogP contribution in [0.2, 0.25) is 0 Å². The lowest BCUT2D eigenvalue weighted by molar-refractivity contribution is -0.153. The number of nitrogens with one attached hydrogen (secondary N) is 1. The van der Waals surface area contributed by atoms with E-state index in [1.165, 1.54) is 0 Å². The summed E-state index contributed by atoms with van der Waals surface area (Å²) in [5.74, 6) is -1.44. The highest BCUT2D eigenvalue weighted by Crippen LogP contribution is 2.18. The second kappa shape index (κ2) is 5.60. The minimum atomic E-state index is -1.80. The molecule has 2 unspecified atom stereocenters. The summed E-state index contributed by atoms with van der Waals surface area (Å²) >= 11 is 0. The first kappa shape index (κ1) is 12.6. The number of carboxylic acids is 1. The van der Waals surface area contributed by atoms with Crippen LogP contribution in [0, 0.1) is 0 Å². The Labute approximate surface area is 93.4 Å². The van der Waals surface area contributed by atoms with Crippen LogP contribution in [0.25, 0.3) is 0 Å². The summed E-state index contributed by atoms with van der Waals surface area (Å²) in [6.45, 7) is 0.615. The highest BCUT2D eigenvalue weighted by atomic mass is 16.4. The Morgan fingerprint density at radius 2 is 2.12 bits per heavy atom. The molecule has 0 bridgehead atoms. The molecule has 1 aromatic carbocycles. The van der Waals surface area contributed by atoms with Gasteiger partial charge in [0, 0.05) is 6.54 Å². The molecule has 0 amide bonds. The number of carboxylic acid groups (broad SMARTS) is 1. The Bertz CT molecular complexity index is 367. The maximum absolute atomic E-state index is 10.5. The minimum Gasteiger partial charge on any atom is -0.479 e. The number of aliphatic hydroxyl groups is 2. The molecule has 4 N–H and O–H groups in total. The van der Waals surface area contributed by atoms with E-state index >= 15 is 0 Å². The lowest BCUT2D eigenvalue weighted by atomic mass is 10.0. The maximum atomic E-state index is 10.5. The van der Waals surface area contributed by atoms with Crippen LogP contribution in [0.4, 0.5) is 0 Å². The Morgan fingerprint density at radius 1 is 1.44 bits per heavy atom. The molecule has 0 saturated carbocycles. The van der Waals surface area contributed by atoms with Gasteiger partial charge < -0.3 is 20.6 Å². The standard InChI is InChI=1S/C11H15NO4/c1-12-6-7-3-2-4-8(5-7)9(13)10(14)11(15)16/h2-5,9-10,12-14H,6H2,1H3,(H,15,16). The van der Waals surface area contributed by atoms with Gasteiger partial charge in [-0.05, 0) is 18.2 Å². The summed E-state index contributed by atoms with van der Waals surface area (Å²) in [6, 6.07) is 6.79. The molecule has 5 nitrogen and oxygen atoms in total. The summed E-state index contributed by atoms with van der Waals surface area (Å²) in [4.78, 5) is 10.5. The van der Waals surface area contributed by atoms with E-state index < -0.39 is 18.2 Å². The zero-order valence-electron chi connectivity index (χ0n) is 8.92. The molecular formula is C11H15NO4. The van der Waals surface area contributed by atoms with E-state index in [1.54, 1.807) is 25.2 Å². The molecule has 0 aliphatic carbocycles. The van der Waals surface area contributed by atoms with E-state index in [4.69, 9.17) is 5.11 Å². The molecule has 1 rings (SSSR count). The van der Waals surface area contributed by atoms with Crippen molar-refractivity contribution in [3.63, 3.8) is 0 Å².